The van der Waals surface area contributed by atoms with Gasteiger partial charge in [-0.1, -0.05) is 104 Å². The summed E-state index contributed by atoms with van der Waals surface area (Å²) in [6.07, 6.45) is 19.5. The molecule has 0 aromatic heterocycles. The van der Waals surface area contributed by atoms with Crippen LogP contribution in [0.2, 0.25) is 0 Å². The van der Waals surface area contributed by atoms with Gasteiger partial charge in [0, 0.05) is 26.4 Å². The van der Waals surface area contributed by atoms with Gasteiger partial charge < -0.3 is 21.8 Å². The maximum atomic E-state index is 11.1. The van der Waals surface area contributed by atoms with Crippen molar-refractivity contribution in [2.45, 2.75) is 129 Å². The van der Waals surface area contributed by atoms with Crippen LogP contribution < -0.4 is 59.1 Å². The molecular weight excluding hydrogens is 642 g/mol. The molecule has 0 atom stereocenters. The maximum Gasteiger partial charge on any atom is 1.00 e. The van der Waals surface area contributed by atoms with Crippen molar-refractivity contribution >= 4 is 20.2 Å². The van der Waals surface area contributed by atoms with E-state index in [4.69, 9.17) is 28.1 Å². The second-order valence-electron chi connectivity index (χ2n) is 11.9. The van der Waals surface area contributed by atoms with Crippen molar-refractivity contribution in [3.8, 4) is 0 Å². The first-order chi connectivity index (χ1) is 20.5. The van der Waals surface area contributed by atoms with E-state index in [1.54, 1.807) is 0 Å². The monoisotopic (exact) mass is 708 g/mol. The SMILES string of the molecule is CCCCCCCCCCOCC(COCCCCCCCCCC)(COCCCS(=O)(=O)O)COCCCS(=O)(=O)O.[H-].[H-].[Na+].[Na+]. The Hall–Kier alpha value is 1.66. The molecule has 0 rings (SSSR count). The predicted molar refractivity (Wildman–Crippen MR) is 175 cm³/mol. The van der Waals surface area contributed by atoms with Gasteiger partial charge >= 0.3 is 59.1 Å². The van der Waals surface area contributed by atoms with Crippen LogP contribution in [0.1, 0.15) is 132 Å². The van der Waals surface area contributed by atoms with Gasteiger partial charge in [-0.3, -0.25) is 9.11 Å². The molecule has 0 unspecified atom stereocenters. The van der Waals surface area contributed by atoms with Crippen LogP contribution in [0.15, 0.2) is 0 Å². The molecule has 0 saturated carbocycles. The van der Waals surface area contributed by atoms with E-state index in [9.17, 15) is 16.8 Å². The maximum absolute atomic E-state index is 11.1. The van der Waals surface area contributed by atoms with Gasteiger partial charge in [0.15, 0.2) is 0 Å². The Morgan fingerprint density at radius 2 is 0.689 bits per heavy atom. The van der Waals surface area contributed by atoms with Gasteiger partial charge in [0.25, 0.3) is 20.2 Å². The van der Waals surface area contributed by atoms with Crippen LogP contribution in [0.3, 0.4) is 0 Å². The first kappa shape index (κ1) is 51.0. The van der Waals surface area contributed by atoms with Crippen molar-refractivity contribution in [3.63, 3.8) is 0 Å². The number of hydrogen-bond acceptors (Lipinski definition) is 8. The largest absolute Gasteiger partial charge is 1.00 e. The van der Waals surface area contributed by atoms with Crippen LogP contribution in [0.25, 0.3) is 0 Å². The molecule has 0 aromatic carbocycles. The average molecular weight is 709 g/mol. The second-order valence-corrected chi connectivity index (χ2v) is 15.1. The molecule has 2 N–H and O–H groups in total. The van der Waals surface area contributed by atoms with Gasteiger partial charge in [0.1, 0.15) is 0 Å². The fraction of sp³-hybridized carbons (Fsp3) is 1.00. The fourth-order valence-corrected chi connectivity index (χ4v) is 5.73. The Morgan fingerprint density at radius 3 is 0.956 bits per heavy atom. The summed E-state index contributed by atoms with van der Waals surface area (Å²) in [5.74, 6) is -0.758. The van der Waals surface area contributed by atoms with Gasteiger partial charge in [0.05, 0.1) is 43.3 Å². The molecule has 45 heavy (non-hydrogen) atoms. The standard InChI is InChI=1S/C31H64O10S2.2Na.2H/c1-3-5-7-9-11-13-15-17-21-38-27-31(29-40-23-19-25-42(32,33)34,30-41-24-20-26-43(35,36)37)28-39-22-18-16-14-12-10-8-6-4-2;;;;/h3-30H2,1-2H3,(H,32,33,34)(H,35,36,37);;;;/q;2*+1;2*-1. The third-order valence-corrected chi connectivity index (χ3v) is 8.91. The molecule has 0 aromatic rings. The number of rotatable bonds is 34. The molecule has 0 amide bonds. The van der Waals surface area contributed by atoms with Gasteiger partial charge in [-0.15, -0.1) is 0 Å². The third-order valence-electron chi connectivity index (χ3n) is 7.30. The summed E-state index contributed by atoms with van der Waals surface area (Å²) >= 11 is 0. The molecule has 10 nitrogen and oxygen atoms in total. The second kappa shape index (κ2) is 34.1. The quantitative estimate of drug-likeness (QED) is 0.0567. The van der Waals surface area contributed by atoms with Crippen LogP contribution in [0, 0.1) is 5.41 Å². The van der Waals surface area contributed by atoms with E-state index in [0.717, 1.165) is 25.7 Å². The molecule has 0 aliphatic carbocycles. The topological polar surface area (TPSA) is 146 Å². The number of ether oxygens (including phenoxy) is 4. The van der Waals surface area contributed by atoms with Crippen LogP contribution in [0.4, 0.5) is 0 Å². The third kappa shape index (κ3) is 38.3. The summed E-state index contributed by atoms with van der Waals surface area (Å²) in [5, 5.41) is 0. The average Bonchev–Trinajstić information content (AvgIpc) is 2.93. The summed E-state index contributed by atoms with van der Waals surface area (Å²) in [7, 11) is -8.12. The summed E-state index contributed by atoms with van der Waals surface area (Å²) in [6.45, 7) is 6.94. The normalized spacial score (nSPS) is 12.2. The zero-order valence-corrected chi connectivity index (χ0v) is 34.9. The summed E-state index contributed by atoms with van der Waals surface area (Å²) < 4.78 is 86.2. The van der Waals surface area contributed by atoms with Crippen molar-refractivity contribution in [2.75, 3.05) is 64.4 Å². The Morgan fingerprint density at radius 1 is 0.444 bits per heavy atom. The van der Waals surface area contributed by atoms with Gasteiger partial charge in [0.2, 0.25) is 0 Å². The van der Waals surface area contributed by atoms with Crippen molar-refractivity contribution in [1.82, 2.24) is 0 Å². The first-order valence-corrected chi connectivity index (χ1v) is 20.0. The molecule has 14 heteroatoms. The molecule has 0 fully saturated rings. The van der Waals surface area contributed by atoms with Crippen LogP contribution >= 0.6 is 0 Å². The minimum Gasteiger partial charge on any atom is -1.00 e. The van der Waals surface area contributed by atoms with Crippen LogP contribution in [0.5, 0.6) is 0 Å². The molecular formula is C31H66Na2O10S2. The Bertz CT molecular complexity index is 774. The van der Waals surface area contributed by atoms with E-state index in [1.807, 2.05) is 0 Å². The van der Waals surface area contributed by atoms with E-state index >= 15 is 0 Å². The van der Waals surface area contributed by atoms with E-state index in [1.165, 1.54) is 77.0 Å². The van der Waals surface area contributed by atoms with E-state index in [-0.39, 0.29) is 113 Å². The molecule has 0 aliphatic rings. The molecule has 0 bridgehead atoms. The Labute approximate surface area is 323 Å². The number of hydrogen-bond donors (Lipinski definition) is 2. The molecule has 0 aliphatic heterocycles. The zero-order valence-electron chi connectivity index (χ0n) is 31.3. The molecule has 0 saturated heterocycles. The van der Waals surface area contributed by atoms with Gasteiger partial charge in [-0.05, 0) is 25.7 Å². The predicted octanol–water partition coefficient (Wildman–Crippen LogP) is 1.11. The molecule has 264 valence electrons. The van der Waals surface area contributed by atoms with Gasteiger partial charge in [-0.2, -0.15) is 16.8 Å². The zero-order chi connectivity index (χ0) is 32.1. The Kier molecular flexibility index (Phi) is 38.7. The minimum atomic E-state index is -4.06. The summed E-state index contributed by atoms with van der Waals surface area (Å²) in [6, 6.07) is 0. The molecule has 0 radical (unpaired) electrons. The van der Waals surface area contributed by atoms with Crippen LogP contribution in [-0.4, -0.2) is 90.3 Å². The molecule has 0 heterocycles. The molecule has 0 spiro atoms. The van der Waals surface area contributed by atoms with Crippen molar-refractivity contribution in [1.29, 1.82) is 0 Å². The van der Waals surface area contributed by atoms with Crippen molar-refractivity contribution in [2.24, 2.45) is 5.41 Å². The first-order valence-electron chi connectivity index (χ1n) is 16.7. The van der Waals surface area contributed by atoms with E-state index in [2.05, 4.69) is 13.8 Å². The van der Waals surface area contributed by atoms with Crippen molar-refractivity contribution < 1.29 is 107 Å². The van der Waals surface area contributed by atoms with Crippen LogP contribution in [-0.2, 0) is 39.2 Å². The summed E-state index contributed by atoms with van der Waals surface area (Å²) in [5.41, 5.74) is -0.670. The smallest absolute Gasteiger partial charge is 1.00 e. The fourth-order valence-electron chi connectivity index (χ4n) is 4.77. The van der Waals surface area contributed by atoms with Crippen molar-refractivity contribution in [3.05, 3.63) is 0 Å². The van der Waals surface area contributed by atoms with E-state index < -0.39 is 25.7 Å². The Balaban J connectivity index is -0.00000147. The van der Waals surface area contributed by atoms with Gasteiger partial charge in [-0.25, -0.2) is 0 Å². The number of unbranched alkanes of at least 4 members (excludes halogenated alkanes) is 14. The summed E-state index contributed by atoms with van der Waals surface area (Å²) in [4.78, 5) is 0. The minimum absolute atomic E-state index is 0. The van der Waals surface area contributed by atoms with E-state index in [0.29, 0.717) is 26.4 Å².